The second kappa shape index (κ2) is 8.03. The zero-order valence-electron chi connectivity index (χ0n) is 13.2. The van der Waals surface area contributed by atoms with E-state index in [4.69, 9.17) is 14.2 Å². The van der Waals surface area contributed by atoms with E-state index in [1.54, 1.807) is 0 Å². The van der Waals surface area contributed by atoms with Gasteiger partial charge in [0.05, 0.1) is 13.2 Å². The molecule has 1 saturated heterocycles. The van der Waals surface area contributed by atoms with E-state index in [1.165, 1.54) is 0 Å². The Hall–Kier alpha value is -1.99. The topological polar surface area (TPSA) is 72.1 Å². The van der Waals surface area contributed by atoms with Crippen molar-refractivity contribution in [3.63, 3.8) is 0 Å². The van der Waals surface area contributed by atoms with Crippen molar-refractivity contribution in [3.8, 4) is 11.5 Å². The van der Waals surface area contributed by atoms with Crippen LogP contribution in [0.15, 0.2) is 18.2 Å². The van der Waals surface area contributed by atoms with Gasteiger partial charge in [-0.15, -0.1) is 0 Å². The molecule has 126 valence electrons. The fourth-order valence-electron chi connectivity index (χ4n) is 2.59. The van der Waals surface area contributed by atoms with Gasteiger partial charge in [0.15, 0.2) is 11.5 Å². The molecule has 23 heavy (non-hydrogen) atoms. The minimum Gasteiger partial charge on any atom is -0.486 e. The predicted octanol–water partition coefficient (Wildman–Crippen LogP) is 0.589. The first-order chi connectivity index (χ1) is 11.3. The molecule has 7 heteroatoms. The molecule has 2 amide bonds. The molecule has 2 aliphatic heterocycles. The van der Waals surface area contributed by atoms with E-state index in [2.05, 4.69) is 15.5 Å². The molecule has 7 nitrogen and oxygen atoms in total. The minimum absolute atomic E-state index is 0.159. The number of carbonyl (C=O) groups excluding carboxylic acids is 1. The van der Waals surface area contributed by atoms with Gasteiger partial charge in [-0.2, -0.15) is 0 Å². The Balaban J connectivity index is 1.37. The monoisotopic (exact) mass is 321 g/mol. The largest absolute Gasteiger partial charge is 0.486 e. The molecule has 2 N–H and O–H groups in total. The highest BCUT2D eigenvalue weighted by Gasteiger charge is 2.12. The summed E-state index contributed by atoms with van der Waals surface area (Å²) in [6.07, 6.45) is 0. The first-order valence-electron chi connectivity index (χ1n) is 8.01. The second-order valence-corrected chi connectivity index (χ2v) is 5.54. The highest BCUT2D eigenvalue weighted by molar-refractivity contribution is 5.73. The summed E-state index contributed by atoms with van der Waals surface area (Å²) in [6, 6.07) is 5.56. The van der Waals surface area contributed by atoms with Crippen molar-refractivity contribution in [1.29, 1.82) is 0 Å². The van der Waals surface area contributed by atoms with Gasteiger partial charge < -0.3 is 24.8 Å². The Morgan fingerprint density at radius 3 is 2.65 bits per heavy atom. The second-order valence-electron chi connectivity index (χ2n) is 5.54. The normalized spacial score (nSPS) is 17.6. The summed E-state index contributed by atoms with van der Waals surface area (Å²) < 4.78 is 16.3. The number of nitrogens with zero attached hydrogens (tertiary/aromatic N) is 1. The van der Waals surface area contributed by atoms with Crippen LogP contribution in [0.2, 0.25) is 0 Å². The molecule has 0 radical (unpaired) electrons. The Kier molecular flexibility index (Phi) is 5.55. The van der Waals surface area contributed by atoms with Gasteiger partial charge in [0.1, 0.15) is 13.2 Å². The highest BCUT2D eigenvalue weighted by Crippen LogP contribution is 2.30. The van der Waals surface area contributed by atoms with Gasteiger partial charge in [0.25, 0.3) is 0 Å². The molecule has 0 spiro atoms. The molecule has 3 rings (SSSR count). The third-order valence-corrected chi connectivity index (χ3v) is 3.88. The highest BCUT2D eigenvalue weighted by atomic mass is 16.6. The molecule has 0 aliphatic carbocycles. The quantitative estimate of drug-likeness (QED) is 0.830. The van der Waals surface area contributed by atoms with Gasteiger partial charge in [-0.25, -0.2) is 4.79 Å². The lowest BCUT2D eigenvalue weighted by atomic mass is 10.2. The van der Waals surface area contributed by atoms with Crippen LogP contribution >= 0.6 is 0 Å². The molecule has 2 aliphatic rings. The van der Waals surface area contributed by atoms with Crippen molar-refractivity contribution in [3.05, 3.63) is 23.8 Å². The van der Waals surface area contributed by atoms with E-state index in [9.17, 15) is 4.79 Å². The zero-order chi connectivity index (χ0) is 15.9. The summed E-state index contributed by atoms with van der Waals surface area (Å²) in [5.74, 6) is 1.50. The lowest BCUT2D eigenvalue weighted by molar-refractivity contribution is 0.0387. The maximum absolute atomic E-state index is 11.8. The van der Waals surface area contributed by atoms with Gasteiger partial charge in [-0.3, -0.25) is 4.90 Å². The zero-order valence-corrected chi connectivity index (χ0v) is 13.2. The van der Waals surface area contributed by atoms with Crippen LogP contribution < -0.4 is 20.1 Å². The lowest BCUT2D eigenvalue weighted by Gasteiger charge is -2.26. The minimum atomic E-state index is -0.159. The van der Waals surface area contributed by atoms with Gasteiger partial charge in [-0.1, -0.05) is 6.07 Å². The van der Waals surface area contributed by atoms with E-state index in [-0.39, 0.29) is 6.03 Å². The number of urea groups is 1. The first kappa shape index (κ1) is 15.9. The number of amides is 2. The molecule has 0 aromatic heterocycles. The first-order valence-corrected chi connectivity index (χ1v) is 8.01. The van der Waals surface area contributed by atoms with E-state index >= 15 is 0 Å². The van der Waals surface area contributed by atoms with E-state index in [1.807, 2.05) is 18.2 Å². The third-order valence-electron chi connectivity index (χ3n) is 3.88. The number of nitrogens with one attached hydrogen (secondary N) is 2. The van der Waals surface area contributed by atoms with Crippen LogP contribution in [0.3, 0.4) is 0 Å². The summed E-state index contributed by atoms with van der Waals surface area (Å²) in [7, 11) is 0. The van der Waals surface area contributed by atoms with Gasteiger partial charge >= 0.3 is 6.03 Å². The molecular weight excluding hydrogens is 298 g/mol. The van der Waals surface area contributed by atoms with Crippen molar-refractivity contribution < 1.29 is 19.0 Å². The number of hydrogen-bond donors (Lipinski definition) is 2. The maximum Gasteiger partial charge on any atom is 0.315 e. The number of rotatable bonds is 5. The van der Waals surface area contributed by atoms with Gasteiger partial charge in [-0.05, 0) is 17.7 Å². The number of ether oxygens (including phenoxy) is 3. The average molecular weight is 321 g/mol. The fourth-order valence-corrected chi connectivity index (χ4v) is 2.59. The number of carbonyl (C=O) groups is 1. The lowest BCUT2D eigenvalue weighted by Crippen LogP contribution is -2.43. The Morgan fingerprint density at radius 1 is 1.04 bits per heavy atom. The summed E-state index contributed by atoms with van der Waals surface area (Å²) >= 11 is 0. The van der Waals surface area contributed by atoms with Crippen LogP contribution in [0.1, 0.15) is 5.56 Å². The molecular formula is C16H23N3O4. The van der Waals surface area contributed by atoms with Crippen molar-refractivity contribution >= 4 is 6.03 Å². The molecule has 2 heterocycles. The van der Waals surface area contributed by atoms with Crippen LogP contribution in [0.5, 0.6) is 11.5 Å². The van der Waals surface area contributed by atoms with E-state index in [0.29, 0.717) is 26.3 Å². The van der Waals surface area contributed by atoms with Gasteiger partial charge in [0.2, 0.25) is 0 Å². The molecule has 0 bridgehead atoms. The molecule has 1 aromatic rings. The smallest absolute Gasteiger partial charge is 0.315 e. The molecule has 1 fully saturated rings. The summed E-state index contributed by atoms with van der Waals surface area (Å²) in [5, 5.41) is 5.73. The summed E-state index contributed by atoms with van der Waals surface area (Å²) in [4.78, 5) is 14.1. The Morgan fingerprint density at radius 2 is 1.83 bits per heavy atom. The van der Waals surface area contributed by atoms with Crippen molar-refractivity contribution in [1.82, 2.24) is 15.5 Å². The Bertz CT molecular complexity index is 532. The van der Waals surface area contributed by atoms with Crippen molar-refractivity contribution in [2.24, 2.45) is 0 Å². The van der Waals surface area contributed by atoms with Gasteiger partial charge in [0, 0.05) is 32.7 Å². The SMILES string of the molecule is O=C(NCCN1CCOCC1)NCc1ccc2c(c1)OCCO2. The predicted molar refractivity (Wildman–Crippen MR) is 84.9 cm³/mol. The molecule has 0 atom stereocenters. The van der Waals surface area contributed by atoms with E-state index in [0.717, 1.165) is 49.9 Å². The summed E-state index contributed by atoms with van der Waals surface area (Å²) in [5.41, 5.74) is 0.984. The number of morpholine rings is 1. The van der Waals surface area contributed by atoms with Crippen molar-refractivity contribution in [2.75, 3.05) is 52.6 Å². The number of fused-ring (bicyclic) bond motifs is 1. The summed E-state index contributed by atoms with van der Waals surface area (Å²) in [6.45, 7) is 6.49. The van der Waals surface area contributed by atoms with Crippen LogP contribution in [-0.4, -0.2) is 63.5 Å². The van der Waals surface area contributed by atoms with Crippen LogP contribution in [0.4, 0.5) is 4.79 Å². The Labute approximate surface area is 135 Å². The third kappa shape index (κ3) is 4.74. The van der Waals surface area contributed by atoms with Crippen LogP contribution in [-0.2, 0) is 11.3 Å². The molecule has 1 aromatic carbocycles. The van der Waals surface area contributed by atoms with Crippen molar-refractivity contribution in [2.45, 2.75) is 6.54 Å². The fraction of sp³-hybridized carbons (Fsp3) is 0.562. The van der Waals surface area contributed by atoms with Crippen LogP contribution in [0.25, 0.3) is 0 Å². The standard InChI is InChI=1S/C16H23N3O4/c20-16(17-3-4-19-5-7-21-8-6-19)18-12-13-1-2-14-15(11-13)23-10-9-22-14/h1-2,11H,3-10,12H2,(H2,17,18,20). The number of hydrogen-bond acceptors (Lipinski definition) is 5. The molecule has 0 saturated carbocycles. The molecule has 0 unspecified atom stereocenters. The van der Waals surface area contributed by atoms with E-state index < -0.39 is 0 Å². The maximum atomic E-state index is 11.8. The van der Waals surface area contributed by atoms with Crippen LogP contribution in [0, 0.1) is 0 Å². The number of benzene rings is 1. The average Bonchev–Trinajstić information content (AvgIpc) is 2.61.